The molecule has 3 amide bonds. The number of rotatable bonds is 2. The van der Waals surface area contributed by atoms with Crippen molar-refractivity contribution < 1.29 is 9.59 Å². The molecular formula is C17H19N5O2. The van der Waals surface area contributed by atoms with Crippen molar-refractivity contribution in [2.24, 2.45) is 0 Å². The third kappa shape index (κ3) is 2.62. The number of fused-ring (bicyclic) bond motifs is 1. The van der Waals surface area contributed by atoms with Crippen molar-refractivity contribution in [3.8, 4) is 11.3 Å². The molecule has 1 atom stereocenters. The minimum absolute atomic E-state index is 0.0206. The van der Waals surface area contributed by atoms with Gasteiger partial charge < -0.3 is 15.5 Å². The van der Waals surface area contributed by atoms with Gasteiger partial charge in [-0.2, -0.15) is 5.10 Å². The number of aromatic amines is 1. The number of amides is 3. The molecule has 0 spiro atoms. The number of hydrogen-bond acceptors (Lipinski definition) is 3. The number of H-pyrrole nitrogens is 1. The molecule has 1 aromatic carbocycles. The molecule has 0 saturated carbocycles. The standard InChI is InChI=1S/C17H19N5O2/c23-16(14-10-18-17(24)19-14)22-8-6-12-13(7-9-22)20-21-15(12)11-4-2-1-3-5-11/h1-5,14H,6-10H2,(H,20,21)(H2,18,19,24). The van der Waals surface area contributed by atoms with Crippen LogP contribution in [0.15, 0.2) is 30.3 Å². The summed E-state index contributed by atoms with van der Waals surface area (Å²) >= 11 is 0. The highest BCUT2D eigenvalue weighted by Gasteiger charge is 2.32. The van der Waals surface area contributed by atoms with Gasteiger partial charge in [0.1, 0.15) is 6.04 Å². The molecule has 7 heteroatoms. The largest absolute Gasteiger partial charge is 0.340 e. The SMILES string of the molecule is O=C1NCC(C(=O)N2CCc3[nH]nc(-c4ccccc4)c3CC2)N1. The molecule has 1 fully saturated rings. The molecule has 7 nitrogen and oxygen atoms in total. The number of hydrogen-bond donors (Lipinski definition) is 3. The highest BCUT2D eigenvalue weighted by Crippen LogP contribution is 2.26. The molecule has 1 unspecified atom stereocenters. The summed E-state index contributed by atoms with van der Waals surface area (Å²) < 4.78 is 0. The van der Waals surface area contributed by atoms with Gasteiger partial charge in [0.15, 0.2) is 0 Å². The van der Waals surface area contributed by atoms with Gasteiger partial charge in [-0.3, -0.25) is 9.89 Å². The van der Waals surface area contributed by atoms with E-state index >= 15 is 0 Å². The Hall–Kier alpha value is -2.83. The van der Waals surface area contributed by atoms with Crippen molar-refractivity contribution in [1.29, 1.82) is 0 Å². The van der Waals surface area contributed by atoms with Crippen LogP contribution < -0.4 is 10.6 Å². The van der Waals surface area contributed by atoms with Crippen molar-refractivity contribution in [3.05, 3.63) is 41.6 Å². The maximum atomic E-state index is 12.6. The maximum absolute atomic E-state index is 12.6. The molecule has 0 aliphatic carbocycles. The second-order valence-corrected chi connectivity index (χ2v) is 6.13. The molecule has 2 aromatic rings. The Morgan fingerprint density at radius 3 is 2.71 bits per heavy atom. The molecule has 0 radical (unpaired) electrons. The fraction of sp³-hybridized carbons (Fsp3) is 0.353. The Bertz CT molecular complexity index is 771. The lowest BCUT2D eigenvalue weighted by Crippen LogP contribution is -2.46. The fourth-order valence-electron chi connectivity index (χ4n) is 3.36. The van der Waals surface area contributed by atoms with E-state index in [0.717, 1.165) is 29.8 Å². The monoisotopic (exact) mass is 325 g/mol. The summed E-state index contributed by atoms with van der Waals surface area (Å²) in [7, 11) is 0. The van der Waals surface area contributed by atoms with Gasteiger partial charge in [0.2, 0.25) is 5.91 Å². The predicted molar refractivity (Wildman–Crippen MR) is 88.3 cm³/mol. The summed E-state index contributed by atoms with van der Waals surface area (Å²) in [6, 6.07) is 9.34. The van der Waals surface area contributed by atoms with Crippen molar-refractivity contribution in [1.82, 2.24) is 25.7 Å². The van der Waals surface area contributed by atoms with E-state index in [2.05, 4.69) is 20.8 Å². The van der Waals surface area contributed by atoms with Crippen molar-refractivity contribution in [2.45, 2.75) is 18.9 Å². The van der Waals surface area contributed by atoms with Crippen LogP contribution in [-0.4, -0.2) is 52.7 Å². The lowest BCUT2D eigenvalue weighted by molar-refractivity contribution is -0.132. The Kier molecular flexibility index (Phi) is 3.68. The first-order valence-corrected chi connectivity index (χ1v) is 8.17. The maximum Gasteiger partial charge on any atom is 0.315 e. The Balaban J connectivity index is 1.52. The molecule has 24 heavy (non-hydrogen) atoms. The first-order chi connectivity index (χ1) is 11.7. The second-order valence-electron chi connectivity index (χ2n) is 6.13. The molecule has 1 aromatic heterocycles. The minimum Gasteiger partial charge on any atom is -0.340 e. The smallest absolute Gasteiger partial charge is 0.315 e. The second kappa shape index (κ2) is 5.99. The van der Waals surface area contributed by atoms with Crippen molar-refractivity contribution >= 4 is 11.9 Å². The van der Waals surface area contributed by atoms with E-state index in [1.165, 1.54) is 5.56 Å². The number of nitrogens with one attached hydrogen (secondary N) is 3. The Labute approximate surface area is 139 Å². The molecule has 2 aliphatic heterocycles. The number of aromatic nitrogens is 2. The van der Waals surface area contributed by atoms with Gasteiger partial charge in [0.05, 0.1) is 5.69 Å². The van der Waals surface area contributed by atoms with Gasteiger partial charge in [0.25, 0.3) is 0 Å². The summed E-state index contributed by atoms with van der Waals surface area (Å²) in [5.74, 6) is -0.0206. The van der Waals surface area contributed by atoms with Crippen LogP contribution >= 0.6 is 0 Å². The third-order valence-electron chi connectivity index (χ3n) is 4.65. The number of urea groups is 1. The van der Waals surface area contributed by atoms with E-state index < -0.39 is 6.04 Å². The van der Waals surface area contributed by atoms with Crippen LogP contribution in [0, 0.1) is 0 Å². The highest BCUT2D eigenvalue weighted by molar-refractivity contribution is 5.90. The van der Waals surface area contributed by atoms with E-state index in [-0.39, 0.29) is 11.9 Å². The molecule has 124 valence electrons. The number of nitrogens with zero attached hydrogens (tertiary/aromatic N) is 2. The zero-order valence-corrected chi connectivity index (χ0v) is 13.2. The predicted octanol–water partition coefficient (Wildman–Crippen LogP) is 0.685. The number of benzene rings is 1. The lowest BCUT2D eigenvalue weighted by atomic mass is 10.0. The average molecular weight is 325 g/mol. The fourth-order valence-corrected chi connectivity index (χ4v) is 3.36. The molecule has 0 bridgehead atoms. The molecular weight excluding hydrogens is 306 g/mol. The van der Waals surface area contributed by atoms with E-state index in [9.17, 15) is 9.59 Å². The lowest BCUT2D eigenvalue weighted by Gasteiger charge is -2.23. The van der Waals surface area contributed by atoms with Crippen LogP contribution in [0.1, 0.15) is 11.3 Å². The Morgan fingerprint density at radius 1 is 1.17 bits per heavy atom. The zero-order valence-electron chi connectivity index (χ0n) is 13.2. The van der Waals surface area contributed by atoms with Crippen LogP contribution in [0.3, 0.4) is 0 Å². The van der Waals surface area contributed by atoms with Crippen LogP contribution in [-0.2, 0) is 17.6 Å². The molecule has 3 heterocycles. The average Bonchev–Trinajstić information content (AvgIpc) is 3.16. The van der Waals surface area contributed by atoms with E-state index in [1.807, 2.05) is 35.2 Å². The van der Waals surface area contributed by atoms with Crippen LogP contribution in [0.25, 0.3) is 11.3 Å². The molecule has 1 saturated heterocycles. The number of carbonyl (C=O) groups excluding carboxylic acids is 2. The van der Waals surface area contributed by atoms with Gasteiger partial charge in [-0.15, -0.1) is 0 Å². The summed E-state index contributed by atoms with van der Waals surface area (Å²) in [5, 5.41) is 12.9. The summed E-state index contributed by atoms with van der Waals surface area (Å²) in [6.45, 7) is 1.63. The van der Waals surface area contributed by atoms with Crippen LogP contribution in [0.2, 0.25) is 0 Å². The normalized spacial score (nSPS) is 20.1. The summed E-state index contributed by atoms with van der Waals surface area (Å²) in [6.07, 6.45) is 1.50. The molecule has 4 rings (SSSR count). The van der Waals surface area contributed by atoms with Crippen molar-refractivity contribution in [3.63, 3.8) is 0 Å². The first kappa shape index (κ1) is 14.7. The van der Waals surface area contributed by atoms with Crippen molar-refractivity contribution in [2.75, 3.05) is 19.6 Å². The topological polar surface area (TPSA) is 90.1 Å². The molecule has 3 N–H and O–H groups in total. The minimum atomic E-state index is -0.458. The van der Waals surface area contributed by atoms with Gasteiger partial charge in [-0.25, -0.2) is 4.79 Å². The van der Waals surface area contributed by atoms with Gasteiger partial charge in [-0.1, -0.05) is 30.3 Å². The number of carbonyl (C=O) groups is 2. The van der Waals surface area contributed by atoms with Gasteiger partial charge >= 0.3 is 6.03 Å². The Morgan fingerprint density at radius 2 is 1.96 bits per heavy atom. The first-order valence-electron chi connectivity index (χ1n) is 8.17. The highest BCUT2D eigenvalue weighted by atomic mass is 16.2. The van der Waals surface area contributed by atoms with Gasteiger partial charge in [0, 0.05) is 42.9 Å². The van der Waals surface area contributed by atoms with E-state index in [1.54, 1.807) is 0 Å². The summed E-state index contributed by atoms with van der Waals surface area (Å²) in [4.78, 5) is 25.6. The van der Waals surface area contributed by atoms with E-state index in [0.29, 0.717) is 19.6 Å². The molecule has 2 aliphatic rings. The van der Waals surface area contributed by atoms with Crippen LogP contribution in [0.4, 0.5) is 4.79 Å². The van der Waals surface area contributed by atoms with Gasteiger partial charge in [-0.05, 0) is 6.42 Å². The van der Waals surface area contributed by atoms with Crippen LogP contribution in [0.5, 0.6) is 0 Å². The quantitative estimate of drug-likeness (QED) is 0.759. The third-order valence-corrected chi connectivity index (χ3v) is 4.65. The van der Waals surface area contributed by atoms with E-state index in [4.69, 9.17) is 0 Å². The summed E-state index contributed by atoms with van der Waals surface area (Å²) in [5.41, 5.74) is 4.33. The zero-order chi connectivity index (χ0) is 16.5.